The SMILES string of the molecule is COc1ccc(CNS(=O)(=O)/C=C/c2ccc(Cl)cc2)cn1. The van der Waals surface area contributed by atoms with E-state index < -0.39 is 10.0 Å². The molecule has 1 heterocycles. The average molecular weight is 339 g/mol. The molecule has 0 aliphatic rings. The van der Waals surface area contributed by atoms with Crippen LogP contribution in [0.3, 0.4) is 0 Å². The first-order chi connectivity index (χ1) is 10.5. The van der Waals surface area contributed by atoms with Crippen molar-refractivity contribution >= 4 is 27.7 Å². The number of sulfonamides is 1. The van der Waals surface area contributed by atoms with Crippen molar-refractivity contribution in [3.05, 3.63) is 64.2 Å². The number of benzene rings is 1. The maximum atomic E-state index is 11.9. The Balaban J connectivity index is 1.96. The number of hydrogen-bond acceptors (Lipinski definition) is 4. The molecule has 0 radical (unpaired) electrons. The largest absolute Gasteiger partial charge is 0.481 e. The van der Waals surface area contributed by atoms with Crippen molar-refractivity contribution in [1.29, 1.82) is 0 Å². The predicted molar refractivity (Wildman–Crippen MR) is 87.0 cm³/mol. The highest BCUT2D eigenvalue weighted by molar-refractivity contribution is 7.92. The fourth-order valence-corrected chi connectivity index (χ4v) is 2.54. The van der Waals surface area contributed by atoms with Gasteiger partial charge in [0.25, 0.3) is 0 Å². The number of methoxy groups -OCH3 is 1. The summed E-state index contributed by atoms with van der Waals surface area (Å²) in [5, 5.41) is 1.72. The van der Waals surface area contributed by atoms with E-state index in [2.05, 4.69) is 9.71 Å². The van der Waals surface area contributed by atoms with Gasteiger partial charge in [0.1, 0.15) is 0 Å². The molecule has 0 atom stereocenters. The molecule has 1 N–H and O–H groups in total. The van der Waals surface area contributed by atoms with Gasteiger partial charge in [-0.1, -0.05) is 29.8 Å². The van der Waals surface area contributed by atoms with E-state index in [4.69, 9.17) is 16.3 Å². The summed E-state index contributed by atoms with van der Waals surface area (Å²) in [6.07, 6.45) is 3.06. The molecule has 22 heavy (non-hydrogen) atoms. The van der Waals surface area contributed by atoms with E-state index >= 15 is 0 Å². The number of halogens is 1. The molecule has 0 aliphatic carbocycles. The Kier molecular flexibility index (Phi) is 5.54. The normalized spacial score (nSPS) is 11.7. The summed E-state index contributed by atoms with van der Waals surface area (Å²) >= 11 is 5.77. The van der Waals surface area contributed by atoms with E-state index in [0.29, 0.717) is 10.9 Å². The molecule has 0 fully saturated rings. The van der Waals surface area contributed by atoms with E-state index in [1.54, 1.807) is 42.6 Å². The van der Waals surface area contributed by atoms with Gasteiger partial charge in [-0.05, 0) is 29.3 Å². The molecule has 0 unspecified atom stereocenters. The smallest absolute Gasteiger partial charge is 0.234 e. The molecular weight excluding hydrogens is 324 g/mol. The highest BCUT2D eigenvalue weighted by Crippen LogP contribution is 2.11. The molecule has 0 bridgehead atoms. The third kappa shape index (κ3) is 5.14. The third-order valence-electron chi connectivity index (χ3n) is 2.79. The maximum Gasteiger partial charge on any atom is 0.234 e. The van der Waals surface area contributed by atoms with E-state index in [1.165, 1.54) is 13.2 Å². The van der Waals surface area contributed by atoms with Crippen molar-refractivity contribution in [1.82, 2.24) is 9.71 Å². The average Bonchev–Trinajstić information content (AvgIpc) is 2.53. The second-order valence-electron chi connectivity index (χ2n) is 4.43. The van der Waals surface area contributed by atoms with Crippen molar-refractivity contribution in [3.8, 4) is 5.88 Å². The van der Waals surface area contributed by atoms with Gasteiger partial charge in [-0.25, -0.2) is 18.1 Å². The van der Waals surface area contributed by atoms with Crippen molar-refractivity contribution in [3.63, 3.8) is 0 Å². The van der Waals surface area contributed by atoms with E-state index in [9.17, 15) is 8.42 Å². The summed E-state index contributed by atoms with van der Waals surface area (Å²) in [6, 6.07) is 10.3. The Morgan fingerprint density at radius 1 is 1.23 bits per heavy atom. The van der Waals surface area contributed by atoms with Crippen LogP contribution in [-0.2, 0) is 16.6 Å². The molecule has 0 saturated heterocycles. The number of nitrogens with one attached hydrogen (secondary N) is 1. The number of ether oxygens (including phenoxy) is 1. The summed E-state index contributed by atoms with van der Waals surface area (Å²) in [5.41, 5.74) is 1.49. The van der Waals surface area contributed by atoms with Crippen molar-refractivity contribution in [2.75, 3.05) is 7.11 Å². The van der Waals surface area contributed by atoms with Crippen LogP contribution in [0.5, 0.6) is 5.88 Å². The molecule has 0 spiro atoms. The topological polar surface area (TPSA) is 68.3 Å². The van der Waals surface area contributed by atoms with Crippen LogP contribution in [0.1, 0.15) is 11.1 Å². The fourth-order valence-electron chi connectivity index (χ4n) is 1.61. The Bertz CT molecular complexity index is 741. The van der Waals surface area contributed by atoms with Crippen molar-refractivity contribution in [2.45, 2.75) is 6.54 Å². The maximum absolute atomic E-state index is 11.9. The fraction of sp³-hybridized carbons (Fsp3) is 0.133. The van der Waals surface area contributed by atoms with E-state index in [-0.39, 0.29) is 6.54 Å². The molecule has 2 rings (SSSR count). The van der Waals surface area contributed by atoms with Crippen LogP contribution in [0, 0.1) is 0 Å². The van der Waals surface area contributed by atoms with Gasteiger partial charge in [-0.15, -0.1) is 0 Å². The van der Waals surface area contributed by atoms with Crippen LogP contribution in [0.2, 0.25) is 5.02 Å². The first-order valence-corrected chi connectivity index (χ1v) is 8.33. The van der Waals surface area contributed by atoms with Gasteiger partial charge in [0.05, 0.1) is 7.11 Å². The van der Waals surface area contributed by atoms with Gasteiger partial charge in [0.2, 0.25) is 15.9 Å². The molecule has 116 valence electrons. The lowest BCUT2D eigenvalue weighted by Crippen LogP contribution is -2.20. The lowest BCUT2D eigenvalue weighted by Gasteiger charge is -2.04. The molecule has 0 aliphatic heterocycles. The van der Waals surface area contributed by atoms with Crippen molar-refractivity contribution in [2.24, 2.45) is 0 Å². The molecule has 5 nitrogen and oxygen atoms in total. The minimum Gasteiger partial charge on any atom is -0.481 e. The minimum absolute atomic E-state index is 0.157. The monoisotopic (exact) mass is 338 g/mol. The van der Waals surface area contributed by atoms with Crippen LogP contribution < -0.4 is 9.46 Å². The Labute approximate surface area is 134 Å². The molecule has 2 aromatic rings. The highest BCUT2D eigenvalue weighted by atomic mass is 35.5. The Morgan fingerprint density at radius 2 is 1.95 bits per heavy atom. The van der Waals surface area contributed by atoms with Gasteiger partial charge in [-0.2, -0.15) is 0 Å². The number of rotatable bonds is 6. The van der Waals surface area contributed by atoms with E-state index in [1.807, 2.05) is 0 Å². The number of pyridine rings is 1. The zero-order valence-corrected chi connectivity index (χ0v) is 13.4. The summed E-state index contributed by atoms with van der Waals surface area (Å²) in [6.45, 7) is 0.157. The van der Waals surface area contributed by atoms with Gasteiger partial charge >= 0.3 is 0 Å². The zero-order chi connectivity index (χ0) is 16.0. The lowest BCUT2D eigenvalue weighted by atomic mass is 10.2. The van der Waals surface area contributed by atoms with Crippen LogP contribution in [0.4, 0.5) is 0 Å². The second kappa shape index (κ2) is 7.40. The molecule has 0 saturated carbocycles. The molecule has 7 heteroatoms. The van der Waals surface area contributed by atoms with Crippen LogP contribution in [0.15, 0.2) is 48.0 Å². The molecule has 1 aromatic carbocycles. The molecule has 0 amide bonds. The third-order valence-corrected chi connectivity index (χ3v) is 4.09. The number of hydrogen-bond donors (Lipinski definition) is 1. The predicted octanol–water partition coefficient (Wildman–Crippen LogP) is 2.83. The standard InChI is InChI=1S/C15H15ClN2O3S/c1-21-15-7-4-13(10-17-15)11-18-22(19,20)9-8-12-2-5-14(16)6-3-12/h2-10,18H,11H2,1H3/b9-8+. The Morgan fingerprint density at radius 3 is 2.55 bits per heavy atom. The minimum atomic E-state index is -3.53. The van der Waals surface area contributed by atoms with E-state index in [0.717, 1.165) is 16.5 Å². The van der Waals surface area contributed by atoms with Crippen LogP contribution >= 0.6 is 11.6 Å². The van der Waals surface area contributed by atoms with Gasteiger partial charge < -0.3 is 4.74 Å². The summed E-state index contributed by atoms with van der Waals surface area (Å²) < 4.78 is 31.2. The van der Waals surface area contributed by atoms with Crippen molar-refractivity contribution < 1.29 is 13.2 Å². The quantitative estimate of drug-likeness (QED) is 0.879. The number of aromatic nitrogens is 1. The number of nitrogens with zero attached hydrogens (tertiary/aromatic N) is 1. The van der Waals surface area contributed by atoms with Crippen LogP contribution in [0.25, 0.3) is 6.08 Å². The first kappa shape index (κ1) is 16.5. The second-order valence-corrected chi connectivity index (χ2v) is 6.52. The summed E-state index contributed by atoms with van der Waals surface area (Å²) in [7, 11) is -2.01. The van der Waals surface area contributed by atoms with Crippen LogP contribution in [-0.4, -0.2) is 20.5 Å². The first-order valence-electron chi connectivity index (χ1n) is 6.41. The molecule has 1 aromatic heterocycles. The zero-order valence-electron chi connectivity index (χ0n) is 11.9. The summed E-state index contributed by atoms with van der Waals surface area (Å²) in [5.74, 6) is 0.481. The molecular formula is C15H15ClN2O3S. The van der Waals surface area contributed by atoms with Gasteiger partial charge in [0.15, 0.2) is 0 Å². The highest BCUT2D eigenvalue weighted by Gasteiger charge is 2.05. The lowest BCUT2D eigenvalue weighted by molar-refractivity contribution is 0.397. The summed E-state index contributed by atoms with van der Waals surface area (Å²) in [4.78, 5) is 4.01. The van der Waals surface area contributed by atoms with Gasteiger partial charge in [0, 0.05) is 29.2 Å². The van der Waals surface area contributed by atoms with Gasteiger partial charge in [-0.3, -0.25) is 0 Å². The Hall–Kier alpha value is -1.89.